The van der Waals surface area contributed by atoms with Gasteiger partial charge < -0.3 is 26.5 Å². The molecule has 27 heavy (non-hydrogen) atoms. The quantitative estimate of drug-likeness (QED) is 0.400. The average molecular weight is 373 g/mol. The van der Waals surface area contributed by atoms with Gasteiger partial charge in [-0.1, -0.05) is 30.3 Å². The number of imidazole rings is 1. The summed E-state index contributed by atoms with van der Waals surface area (Å²) < 4.78 is 0. The first kappa shape index (κ1) is 20.1. The second-order valence-corrected chi connectivity index (χ2v) is 6.09. The molecule has 2 aromatic rings. The lowest BCUT2D eigenvalue weighted by molar-refractivity contribution is -0.142. The van der Waals surface area contributed by atoms with Crippen molar-refractivity contribution in [2.75, 3.05) is 6.54 Å². The third-order valence-corrected chi connectivity index (χ3v) is 4.07. The maximum atomic E-state index is 12.7. The Kier molecular flexibility index (Phi) is 7.07. The van der Waals surface area contributed by atoms with Gasteiger partial charge in [0.25, 0.3) is 0 Å². The first-order valence-electron chi connectivity index (χ1n) is 8.46. The lowest BCUT2D eigenvalue weighted by Crippen LogP contribution is -2.54. The summed E-state index contributed by atoms with van der Waals surface area (Å²) in [5, 5.41) is 14.5. The molecule has 9 nitrogen and oxygen atoms in total. The zero-order valence-electron chi connectivity index (χ0n) is 14.9. The van der Waals surface area contributed by atoms with Crippen LogP contribution in [-0.4, -0.2) is 51.5 Å². The number of aromatic nitrogens is 2. The van der Waals surface area contributed by atoms with E-state index in [1.165, 1.54) is 6.33 Å². The molecule has 2 amide bonds. The van der Waals surface area contributed by atoms with E-state index < -0.39 is 29.9 Å². The van der Waals surface area contributed by atoms with Gasteiger partial charge in [0.1, 0.15) is 12.1 Å². The molecule has 0 aliphatic rings. The predicted molar refractivity (Wildman–Crippen MR) is 97.7 cm³/mol. The Morgan fingerprint density at radius 3 is 2.41 bits per heavy atom. The van der Waals surface area contributed by atoms with Crippen molar-refractivity contribution in [1.29, 1.82) is 0 Å². The van der Waals surface area contributed by atoms with Gasteiger partial charge in [-0.25, -0.2) is 9.78 Å². The Morgan fingerprint density at radius 2 is 1.85 bits per heavy atom. The third kappa shape index (κ3) is 5.93. The van der Waals surface area contributed by atoms with Gasteiger partial charge in [0.05, 0.1) is 18.6 Å². The van der Waals surface area contributed by atoms with Gasteiger partial charge in [0, 0.05) is 18.5 Å². The Morgan fingerprint density at radius 1 is 1.15 bits per heavy atom. The smallest absolute Gasteiger partial charge is 0.326 e. The van der Waals surface area contributed by atoms with E-state index in [2.05, 4.69) is 20.6 Å². The van der Waals surface area contributed by atoms with E-state index in [-0.39, 0.29) is 19.4 Å². The molecule has 1 aromatic carbocycles. The summed E-state index contributed by atoms with van der Waals surface area (Å²) in [7, 11) is 0. The number of aryl methyl sites for hydroxylation is 1. The number of nitrogens with two attached hydrogens (primary N) is 1. The lowest BCUT2D eigenvalue weighted by atomic mass is 10.0. The number of amides is 2. The Labute approximate surface area is 156 Å². The first-order chi connectivity index (χ1) is 12.9. The highest BCUT2D eigenvalue weighted by atomic mass is 16.4. The summed E-state index contributed by atoms with van der Waals surface area (Å²) in [6, 6.07) is 6.85. The number of nitrogens with zero attached hydrogens (tertiary/aromatic N) is 1. The molecule has 9 heteroatoms. The van der Waals surface area contributed by atoms with Crippen molar-refractivity contribution in [2.24, 2.45) is 5.73 Å². The van der Waals surface area contributed by atoms with E-state index >= 15 is 0 Å². The molecule has 0 bridgehead atoms. The van der Waals surface area contributed by atoms with E-state index in [0.717, 1.165) is 11.3 Å². The van der Waals surface area contributed by atoms with Crippen molar-refractivity contribution in [2.45, 2.75) is 31.8 Å². The summed E-state index contributed by atoms with van der Waals surface area (Å²) in [5.74, 6) is -2.28. The Bertz CT molecular complexity index is 790. The minimum atomic E-state index is -1.16. The summed E-state index contributed by atoms with van der Waals surface area (Å²) in [5.41, 5.74) is 7.45. The molecular formula is C18H23N5O4. The first-order valence-corrected chi connectivity index (χ1v) is 8.46. The fourth-order valence-corrected chi connectivity index (χ4v) is 2.57. The van der Waals surface area contributed by atoms with Crippen molar-refractivity contribution in [3.8, 4) is 0 Å². The van der Waals surface area contributed by atoms with Crippen molar-refractivity contribution in [3.05, 3.63) is 53.6 Å². The average Bonchev–Trinajstić information content (AvgIpc) is 3.05. The molecule has 0 saturated carbocycles. The molecule has 144 valence electrons. The molecular weight excluding hydrogens is 350 g/mol. The molecule has 2 rings (SSSR count). The summed E-state index contributed by atoms with van der Waals surface area (Å²) >= 11 is 0. The van der Waals surface area contributed by atoms with E-state index in [4.69, 9.17) is 5.73 Å². The normalized spacial score (nSPS) is 12.8. The lowest BCUT2D eigenvalue weighted by Gasteiger charge is -2.21. The van der Waals surface area contributed by atoms with E-state index in [1.54, 1.807) is 31.2 Å². The monoisotopic (exact) mass is 373 g/mol. The second-order valence-electron chi connectivity index (χ2n) is 6.09. The molecule has 0 aliphatic heterocycles. The van der Waals surface area contributed by atoms with Crippen LogP contribution in [-0.2, 0) is 27.2 Å². The van der Waals surface area contributed by atoms with Crippen molar-refractivity contribution in [1.82, 2.24) is 20.6 Å². The zero-order valence-corrected chi connectivity index (χ0v) is 14.9. The maximum Gasteiger partial charge on any atom is 0.326 e. The van der Waals surface area contributed by atoms with Gasteiger partial charge in [-0.05, 0) is 12.5 Å². The Hall–Kier alpha value is -3.20. The minimum Gasteiger partial charge on any atom is -0.480 e. The van der Waals surface area contributed by atoms with Gasteiger partial charge >= 0.3 is 5.97 Å². The van der Waals surface area contributed by atoms with Crippen LogP contribution >= 0.6 is 0 Å². The summed E-state index contributed by atoms with van der Waals surface area (Å²) in [6.45, 7) is 1.51. The summed E-state index contributed by atoms with van der Waals surface area (Å²) in [6.07, 6.45) is 1.73. The number of carbonyl (C=O) groups excluding carboxylic acids is 2. The van der Waals surface area contributed by atoms with Gasteiger partial charge in [-0.2, -0.15) is 0 Å². The number of carboxylic acid groups (broad SMARTS) is 1. The maximum absolute atomic E-state index is 12.7. The van der Waals surface area contributed by atoms with Crippen molar-refractivity contribution >= 4 is 17.8 Å². The molecule has 0 aliphatic carbocycles. The van der Waals surface area contributed by atoms with Crippen LogP contribution in [0.2, 0.25) is 0 Å². The van der Waals surface area contributed by atoms with Gasteiger partial charge in [0.15, 0.2) is 0 Å². The van der Waals surface area contributed by atoms with Crippen LogP contribution < -0.4 is 16.4 Å². The van der Waals surface area contributed by atoms with Crippen LogP contribution in [0.1, 0.15) is 17.0 Å². The molecule has 6 N–H and O–H groups in total. The standard InChI is InChI=1S/C18H23N5O4/c1-11-13(21-10-20-11)8-14(22-16(24)9-19)17(25)23-15(18(26)27)7-12-5-3-2-4-6-12/h2-6,10,14-15H,7-9,19H2,1H3,(H,20,21)(H,22,24)(H,23,25)(H,26,27)/t14-,15-/m0/s1. The van der Waals surface area contributed by atoms with E-state index in [1.807, 2.05) is 6.07 Å². The highest BCUT2D eigenvalue weighted by Gasteiger charge is 2.27. The molecule has 0 fully saturated rings. The molecule has 0 unspecified atom stereocenters. The van der Waals surface area contributed by atoms with Crippen LogP contribution in [0.15, 0.2) is 36.7 Å². The predicted octanol–water partition coefficient (Wildman–Crippen LogP) is -0.484. The molecule has 2 atom stereocenters. The Balaban J connectivity index is 2.12. The van der Waals surface area contributed by atoms with E-state index in [9.17, 15) is 19.5 Å². The minimum absolute atomic E-state index is 0.116. The largest absolute Gasteiger partial charge is 0.480 e. The van der Waals surface area contributed by atoms with Crippen LogP contribution in [0, 0.1) is 6.92 Å². The van der Waals surface area contributed by atoms with Crippen LogP contribution in [0.5, 0.6) is 0 Å². The number of aromatic amines is 1. The summed E-state index contributed by atoms with van der Waals surface area (Å²) in [4.78, 5) is 42.9. The van der Waals surface area contributed by atoms with E-state index in [0.29, 0.717) is 5.69 Å². The number of carbonyl (C=O) groups is 3. The number of rotatable bonds is 9. The number of H-pyrrole nitrogens is 1. The fraction of sp³-hybridized carbons (Fsp3) is 0.333. The molecule has 0 radical (unpaired) electrons. The van der Waals surface area contributed by atoms with Gasteiger partial charge in [-0.3, -0.25) is 9.59 Å². The fourth-order valence-electron chi connectivity index (χ4n) is 2.57. The highest BCUT2D eigenvalue weighted by molar-refractivity contribution is 5.91. The second kappa shape index (κ2) is 9.48. The number of hydrogen-bond donors (Lipinski definition) is 5. The van der Waals surface area contributed by atoms with Crippen LogP contribution in [0.25, 0.3) is 0 Å². The molecule has 1 aromatic heterocycles. The highest BCUT2D eigenvalue weighted by Crippen LogP contribution is 2.07. The number of benzene rings is 1. The molecule has 0 spiro atoms. The number of aliphatic carboxylic acids is 1. The van der Waals surface area contributed by atoms with Crippen molar-refractivity contribution in [3.63, 3.8) is 0 Å². The molecule has 0 saturated heterocycles. The molecule has 1 heterocycles. The topological polar surface area (TPSA) is 150 Å². The van der Waals surface area contributed by atoms with Gasteiger partial charge in [0.2, 0.25) is 11.8 Å². The number of hydrogen-bond acceptors (Lipinski definition) is 5. The SMILES string of the molecule is Cc1[nH]cnc1C[C@H](NC(=O)CN)C(=O)N[C@@H](Cc1ccccc1)C(=O)O. The van der Waals surface area contributed by atoms with Crippen LogP contribution in [0.4, 0.5) is 0 Å². The van der Waals surface area contributed by atoms with Gasteiger partial charge in [-0.15, -0.1) is 0 Å². The van der Waals surface area contributed by atoms with Crippen molar-refractivity contribution < 1.29 is 19.5 Å². The third-order valence-electron chi connectivity index (χ3n) is 4.07. The number of carboxylic acids is 1. The van der Waals surface area contributed by atoms with Crippen LogP contribution in [0.3, 0.4) is 0 Å². The zero-order chi connectivity index (χ0) is 19.8. The number of nitrogens with one attached hydrogen (secondary N) is 3.